The fraction of sp³-hybridized carbons (Fsp3) is 0.286. The molecule has 0 saturated heterocycles. The summed E-state index contributed by atoms with van der Waals surface area (Å²) in [5.74, 6) is -1.17. The van der Waals surface area contributed by atoms with Crippen LogP contribution in [0.3, 0.4) is 0 Å². The summed E-state index contributed by atoms with van der Waals surface area (Å²) in [6.45, 7) is 2.70. The molecule has 0 aromatic heterocycles. The van der Waals surface area contributed by atoms with E-state index in [4.69, 9.17) is 21.1 Å². The molecule has 0 unspecified atom stereocenters. The molecular formula is C21H23ClN2O5. The van der Waals surface area contributed by atoms with E-state index in [2.05, 4.69) is 10.6 Å². The number of benzene rings is 2. The fourth-order valence-electron chi connectivity index (χ4n) is 2.28. The molecule has 2 N–H and O–H groups in total. The third-order valence-electron chi connectivity index (χ3n) is 3.99. The van der Waals surface area contributed by atoms with Crippen LogP contribution < -0.4 is 15.4 Å². The highest BCUT2D eigenvalue weighted by atomic mass is 35.5. The van der Waals surface area contributed by atoms with Gasteiger partial charge < -0.3 is 14.8 Å². The van der Waals surface area contributed by atoms with E-state index >= 15 is 0 Å². The zero-order chi connectivity index (χ0) is 21.2. The minimum atomic E-state index is -0.759. The molecule has 0 aliphatic rings. The van der Waals surface area contributed by atoms with Crippen molar-refractivity contribution in [3.8, 4) is 16.9 Å². The first kappa shape index (κ1) is 22.2. The number of nitrogens with one attached hydrogen (secondary N) is 2. The second-order valence-corrected chi connectivity index (χ2v) is 6.70. The zero-order valence-corrected chi connectivity index (χ0v) is 17.0. The number of rotatable bonds is 8. The quantitative estimate of drug-likeness (QED) is 0.639. The third-order valence-corrected chi connectivity index (χ3v) is 4.29. The van der Waals surface area contributed by atoms with Crippen molar-refractivity contribution in [2.45, 2.75) is 26.3 Å². The highest BCUT2D eigenvalue weighted by Crippen LogP contribution is 2.30. The lowest BCUT2D eigenvalue weighted by molar-refractivity contribution is -0.150. The van der Waals surface area contributed by atoms with Gasteiger partial charge in [0.1, 0.15) is 5.75 Å². The predicted molar refractivity (Wildman–Crippen MR) is 110 cm³/mol. The minimum absolute atomic E-state index is 0.0724. The molecule has 2 rings (SSSR count). The first-order valence-electron chi connectivity index (χ1n) is 9.12. The maximum atomic E-state index is 11.8. The van der Waals surface area contributed by atoms with Crippen LogP contribution in [0.4, 0.5) is 4.79 Å². The van der Waals surface area contributed by atoms with Crippen molar-refractivity contribution < 1.29 is 23.9 Å². The standard InChI is InChI=1S/C21H23ClN2O5/c1-3-14(2)23-21(27)24-19(25)12-29-20(26)13-28-18-10-9-16(11-17(18)22)15-7-5-4-6-8-15/h4-11,14H,3,12-13H2,1-2H3,(H2,23,24,25,27)/t14-/m1/s1. The summed E-state index contributed by atoms with van der Waals surface area (Å²) >= 11 is 6.22. The van der Waals surface area contributed by atoms with Crippen molar-refractivity contribution in [1.29, 1.82) is 0 Å². The van der Waals surface area contributed by atoms with E-state index in [0.29, 0.717) is 10.8 Å². The molecule has 0 aliphatic heterocycles. The smallest absolute Gasteiger partial charge is 0.344 e. The summed E-state index contributed by atoms with van der Waals surface area (Å²) in [5, 5.41) is 4.99. The zero-order valence-electron chi connectivity index (χ0n) is 16.2. The Morgan fingerprint density at radius 2 is 1.76 bits per heavy atom. The van der Waals surface area contributed by atoms with Gasteiger partial charge in [-0.25, -0.2) is 9.59 Å². The molecule has 0 radical (unpaired) electrons. The molecule has 1 atom stereocenters. The van der Waals surface area contributed by atoms with Gasteiger partial charge in [0, 0.05) is 6.04 Å². The highest BCUT2D eigenvalue weighted by molar-refractivity contribution is 6.32. The number of imide groups is 1. The fourth-order valence-corrected chi connectivity index (χ4v) is 2.51. The molecule has 2 aromatic rings. The van der Waals surface area contributed by atoms with Gasteiger partial charge in [-0.15, -0.1) is 0 Å². The molecule has 2 aromatic carbocycles. The summed E-state index contributed by atoms with van der Waals surface area (Å²) in [7, 11) is 0. The van der Waals surface area contributed by atoms with Gasteiger partial charge in [-0.05, 0) is 36.6 Å². The Labute approximate surface area is 174 Å². The molecule has 29 heavy (non-hydrogen) atoms. The maximum Gasteiger partial charge on any atom is 0.344 e. The molecule has 0 saturated carbocycles. The van der Waals surface area contributed by atoms with Crippen LogP contribution >= 0.6 is 11.6 Å². The first-order chi connectivity index (χ1) is 13.9. The topological polar surface area (TPSA) is 93.7 Å². The number of halogens is 1. The maximum absolute atomic E-state index is 11.8. The van der Waals surface area contributed by atoms with Gasteiger partial charge in [-0.3, -0.25) is 10.1 Å². The van der Waals surface area contributed by atoms with Crippen LogP contribution in [0.1, 0.15) is 20.3 Å². The van der Waals surface area contributed by atoms with E-state index in [1.165, 1.54) is 0 Å². The van der Waals surface area contributed by atoms with E-state index in [1.54, 1.807) is 19.1 Å². The number of ether oxygens (including phenoxy) is 2. The predicted octanol–water partition coefficient (Wildman–Crippen LogP) is 3.55. The number of carbonyl (C=O) groups excluding carboxylic acids is 3. The molecule has 8 heteroatoms. The molecule has 0 heterocycles. The summed E-state index contributed by atoms with van der Waals surface area (Å²) in [5.41, 5.74) is 1.92. The van der Waals surface area contributed by atoms with E-state index in [0.717, 1.165) is 17.5 Å². The van der Waals surface area contributed by atoms with Gasteiger partial charge in [0.2, 0.25) is 0 Å². The lowest BCUT2D eigenvalue weighted by Gasteiger charge is -2.12. The summed E-state index contributed by atoms with van der Waals surface area (Å²) in [6.07, 6.45) is 0.725. The van der Waals surface area contributed by atoms with Crippen molar-refractivity contribution in [1.82, 2.24) is 10.6 Å². The van der Waals surface area contributed by atoms with Crippen LogP contribution in [0.5, 0.6) is 5.75 Å². The van der Waals surface area contributed by atoms with Gasteiger partial charge in [0.05, 0.1) is 5.02 Å². The monoisotopic (exact) mass is 418 g/mol. The van der Waals surface area contributed by atoms with Crippen molar-refractivity contribution in [3.05, 3.63) is 53.6 Å². The Kier molecular flexibility index (Phi) is 8.48. The summed E-state index contributed by atoms with van der Waals surface area (Å²) in [4.78, 5) is 34.9. The van der Waals surface area contributed by atoms with Gasteiger partial charge in [-0.1, -0.05) is 54.9 Å². The summed E-state index contributed by atoms with van der Waals surface area (Å²) in [6, 6.07) is 14.2. The van der Waals surface area contributed by atoms with Crippen molar-refractivity contribution >= 4 is 29.5 Å². The molecule has 3 amide bonds. The number of hydrogen-bond acceptors (Lipinski definition) is 5. The largest absolute Gasteiger partial charge is 0.480 e. The van der Waals surface area contributed by atoms with Crippen LogP contribution in [0.15, 0.2) is 48.5 Å². The van der Waals surface area contributed by atoms with Crippen molar-refractivity contribution in [3.63, 3.8) is 0 Å². The van der Waals surface area contributed by atoms with E-state index < -0.39 is 31.1 Å². The Morgan fingerprint density at radius 3 is 2.41 bits per heavy atom. The second kappa shape index (κ2) is 11.1. The number of carbonyl (C=O) groups is 3. The average molecular weight is 419 g/mol. The molecule has 7 nitrogen and oxygen atoms in total. The molecular weight excluding hydrogens is 396 g/mol. The molecule has 0 spiro atoms. The Bertz CT molecular complexity index is 857. The molecule has 0 fully saturated rings. The average Bonchev–Trinajstić information content (AvgIpc) is 2.71. The normalized spacial score (nSPS) is 11.3. The Balaban J connectivity index is 1.77. The minimum Gasteiger partial charge on any atom is -0.480 e. The second-order valence-electron chi connectivity index (χ2n) is 6.29. The van der Waals surface area contributed by atoms with Gasteiger partial charge >= 0.3 is 12.0 Å². The number of hydrogen-bond donors (Lipinski definition) is 2. The Morgan fingerprint density at radius 1 is 1.03 bits per heavy atom. The number of urea groups is 1. The number of esters is 1. The first-order valence-corrected chi connectivity index (χ1v) is 9.50. The third kappa shape index (κ3) is 7.46. The van der Waals surface area contributed by atoms with E-state index in [1.807, 2.05) is 43.3 Å². The van der Waals surface area contributed by atoms with E-state index in [9.17, 15) is 14.4 Å². The van der Waals surface area contributed by atoms with Gasteiger partial charge in [-0.2, -0.15) is 0 Å². The van der Waals surface area contributed by atoms with Crippen molar-refractivity contribution in [2.75, 3.05) is 13.2 Å². The lowest BCUT2D eigenvalue weighted by atomic mass is 10.1. The SMILES string of the molecule is CC[C@@H](C)NC(=O)NC(=O)COC(=O)COc1ccc(-c2ccccc2)cc1Cl. The van der Waals surface area contributed by atoms with Crippen LogP contribution in [0.25, 0.3) is 11.1 Å². The van der Waals surface area contributed by atoms with Crippen LogP contribution in [-0.2, 0) is 14.3 Å². The molecule has 154 valence electrons. The molecule has 0 bridgehead atoms. The highest BCUT2D eigenvalue weighted by Gasteiger charge is 2.13. The Hall–Kier alpha value is -3.06. The van der Waals surface area contributed by atoms with Gasteiger partial charge in [0.15, 0.2) is 13.2 Å². The number of amides is 3. The van der Waals surface area contributed by atoms with Crippen LogP contribution in [0, 0.1) is 0 Å². The van der Waals surface area contributed by atoms with Crippen LogP contribution in [-0.4, -0.2) is 37.2 Å². The van der Waals surface area contributed by atoms with E-state index in [-0.39, 0.29) is 6.04 Å². The molecule has 0 aliphatic carbocycles. The lowest BCUT2D eigenvalue weighted by Crippen LogP contribution is -2.44. The van der Waals surface area contributed by atoms with Crippen molar-refractivity contribution in [2.24, 2.45) is 0 Å². The summed E-state index contributed by atoms with van der Waals surface area (Å²) < 4.78 is 10.1. The van der Waals surface area contributed by atoms with Crippen LogP contribution in [0.2, 0.25) is 5.02 Å². The van der Waals surface area contributed by atoms with Gasteiger partial charge in [0.25, 0.3) is 5.91 Å².